The molecule has 0 bridgehead atoms. The minimum atomic E-state index is -3.01. The van der Waals surface area contributed by atoms with Gasteiger partial charge in [0.2, 0.25) is 0 Å². The third-order valence-corrected chi connectivity index (χ3v) is 5.24. The number of sulfone groups is 1. The fraction of sp³-hybridized carbons (Fsp3) is 0.588. The zero-order chi connectivity index (χ0) is 20.4. The summed E-state index contributed by atoms with van der Waals surface area (Å²) in [5.74, 6) is 0.988. The molecular weight excluding hydrogens is 540 g/mol. The second-order valence-corrected chi connectivity index (χ2v) is 9.25. The Labute approximate surface area is 194 Å². The lowest BCUT2D eigenvalue weighted by molar-refractivity contribution is 0.114. The molecule has 2 unspecified atom stereocenters. The lowest BCUT2D eigenvalue weighted by Crippen LogP contribution is -2.43. The van der Waals surface area contributed by atoms with Gasteiger partial charge in [-0.05, 0) is 32.4 Å². The predicted octanol–water partition coefficient (Wildman–Crippen LogP) is 2.73. The van der Waals surface area contributed by atoms with Crippen LogP contribution in [-0.4, -0.2) is 63.3 Å². The Morgan fingerprint density at radius 1 is 1.36 bits per heavy atom. The van der Waals surface area contributed by atoms with Crippen LogP contribution in [0.15, 0.2) is 23.2 Å². The van der Waals surface area contributed by atoms with Crippen LogP contribution < -0.4 is 15.4 Å². The first-order valence-corrected chi connectivity index (χ1v) is 11.4. The smallest absolute Gasteiger partial charge is 0.191 e. The topological polar surface area (TPSA) is 100 Å². The maximum atomic E-state index is 11.3. The van der Waals surface area contributed by atoms with E-state index in [1.54, 1.807) is 18.2 Å². The van der Waals surface area contributed by atoms with Gasteiger partial charge in [0.05, 0.1) is 17.3 Å². The van der Waals surface area contributed by atoms with Crippen molar-refractivity contribution in [3.63, 3.8) is 0 Å². The molecule has 11 heteroatoms. The van der Waals surface area contributed by atoms with Crippen LogP contribution in [0.1, 0.15) is 20.3 Å². The van der Waals surface area contributed by atoms with Crippen molar-refractivity contribution in [3.8, 4) is 5.75 Å². The number of nitrogens with zero attached hydrogens (tertiary/aromatic N) is 1. The largest absolute Gasteiger partial charge is 0.489 e. The molecule has 3 N–H and O–H groups in total. The highest BCUT2D eigenvalue weighted by atomic mass is 127. The fourth-order valence-corrected chi connectivity index (χ4v) is 3.18. The van der Waals surface area contributed by atoms with Crippen LogP contribution in [0.25, 0.3) is 0 Å². The number of nitrogens with one attached hydrogen (secondary N) is 2. The summed E-state index contributed by atoms with van der Waals surface area (Å²) in [6.07, 6.45) is 0.825. The van der Waals surface area contributed by atoms with Crippen molar-refractivity contribution >= 4 is 63.0 Å². The Hall–Kier alpha value is -0.490. The van der Waals surface area contributed by atoms with Crippen molar-refractivity contribution in [2.24, 2.45) is 4.99 Å². The van der Waals surface area contributed by atoms with Gasteiger partial charge in [-0.25, -0.2) is 8.42 Å². The normalized spacial score (nSPS) is 14.0. The summed E-state index contributed by atoms with van der Waals surface area (Å²) in [6.45, 7) is 4.53. The van der Waals surface area contributed by atoms with Gasteiger partial charge in [0.25, 0.3) is 0 Å². The van der Waals surface area contributed by atoms with Crippen molar-refractivity contribution < 1.29 is 18.3 Å². The molecule has 0 aliphatic carbocycles. The average Bonchev–Trinajstić information content (AvgIpc) is 2.59. The number of guanidine groups is 1. The molecule has 0 saturated heterocycles. The van der Waals surface area contributed by atoms with Gasteiger partial charge in [0.1, 0.15) is 33.3 Å². The summed E-state index contributed by atoms with van der Waals surface area (Å²) in [6, 6.07) is 4.94. The van der Waals surface area contributed by atoms with Crippen molar-refractivity contribution in [2.45, 2.75) is 32.4 Å². The molecule has 0 saturated carbocycles. The van der Waals surface area contributed by atoms with Gasteiger partial charge in [-0.15, -0.1) is 24.0 Å². The molecule has 1 aromatic carbocycles. The number of hydrogen-bond donors (Lipinski definition) is 3. The van der Waals surface area contributed by atoms with E-state index >= 15 is 0 Å². The molecule has 0 spiro atoms. The van der Waals surface area contributed by atoms with E-state index in [1.807, 2.05) is 13.8 Å². The molecule has 7 nitrogen and oxygen atoms in total. The number of aliphatic hydroxyl groups excluding tert-OH is 1. The van der Waals surface area contributed by atoms with E-state index in [1.165, 1.54) is 6.26 Å². The summed E-state index contributed by atoms with van der Waals surface area (Å²) < 4.78 is 28.0. The first-order chi connectivity index (χ1) is 12.6. The summed E-state index contributed by atoms with van der Waals surface area (Å²) in [4.78, 5) is 4.31. The molecule has 0 aromatic heterocycles. The second kappa shape index (κ2) is 13.7. The van der Waals surface area contributed by atoms with Gasteiger partial charge >= 0.3 is 0 Å². The minimum absolute atomic E-state index is 0. The Morgan fingerprint density at radius 2 is 2.04 bits per heavy atom. The SMILES string of the molecule is CCNC(=NCC(O)COc1cccc(Cl)c1Cl)NC(C)CCS(C)(=O)=O.I. The fourth-order valence-electron chi connectivity index (χ4n) is 2.05. The number of benzene rings is 1. The predicted molar refractivity (Wildman–Crippen MR) is 126 cm³/mol. The molecule has 162 valence electrons. The highest BCUT2D eigenvalue weighted by Crippen LogP contribution is 2.31. The number of halogens is 3. The second-order valence-electron chi connectivity index (χ2n) is 6.20. The maximum absolute atomic E-state index is 11.3. The Kier molecular flexibility index (Phi) is 13.4. The highest BCUT2D eigenvalue weighted by molar-refractivity contribution is 14.0. The summed E-state index contributed by atoms with van der Waals surface area (Å²) >= 11 is 12.0. The molecule has 0 fully saturated rings. The van der Waals surface area contributed by atoms with Crippen molar-refractivity contribution in [1.82, 2.24) is 10.6 Å². The van der Waals surface area contributed by atoms with E-state index in [2.05, 4.69) is 15.6 Å². The van der Waals surface area contributed by atoms with Crippen molar-refractivity contribution in [3.05, 3.63) is 28.2 Å². The van der Waals surface area contributed by atoms with Crippen LogP contribution in [0.4, 0.5) is 0 Å². The first kappa shape index (κ1) is 27.5. The van der Waals surface area contributed by atoms with Crippen molar-refractivity contribution in [2.75, 3.05) is 31.7 Å². The van der Waals surface area contributed by atoms with Gasteiger partial charge < -0.3 is 20.5 Å². The molecule has 0 heterocycles. The number of ether oxygens (including phenoxy) is 1. The molecule has 1 rings (SSSR count). The third kappa shape index (κ3) is 11.5. The summed E-state index contributed by atoms with van der Waals surface area (Å²) in [7, 11) is -3.01. The number of rotatable bonds is 10. The van der Waals surface area contributed by atoms with Gasteiger partial charge in [-0.1, -0.05) is 29.3 Å². The standard InChI is InChI=1S/C17H27Cl2N3O4S.HI/c1-4-20-17(22-12(2)8-9-27(3,24)25)21-10-13(23)11-26-15-7-5-6-14(18)16(15)19;/h5-7,12-13,23H,4,8-11H2,1-3H3,(H2,20,21,22);1H. The van der Waals surface area contributed by atoms with Crippen LogP contribution in [0.3, 0.4) is 0 Å². The summed E-state index contributed by atoms with van der Waals surface area (Å²) in [5.41, 5.74) is 0. The van der Waals surface area contributed by atoms with Crippen LogP contribution in [0, 0.1) is 0 Å². The number of aliphatic hydroxyl groups is 1. The van der Waals surface area contributed by atoms with Crippen LogP contribution in [0.5, 0.6) is 5.75 Å². The van der Waals surface area contributed by atoms with E-state index in [0.717, 1.165) is 0 Å². The maximum Gasteiger partial charge on any atom is 0.191 e. The number of hydrogen-bond acceptors (Lipinski definition) is 5. The molecule has 0 amide bonds. The Morgan fingerprint density at radius 3 is 2.64 bits per heavy atom. The van der Waals surface area contributed by atoms with Gasteiger partial charge in [0.15, 0.2) is 5.96 Å². The van der Waals surface area contributed by atoms with Gasteiger partial charge in [0, 0.05) is 18.8 Å². The van der Waals surface area contributed by atoms with E-state index in [-0.39, 0.29) is 48.9 Å². The quantitative estimate of drug-likeness (QED) is 0.228. The number of aliphatic imine (C=N–C) groups is 1. The lowest BCUT2D eigenvalue weighted by Gasteiger charge is -2.18. The van der Waals surface area contributed by atoms with E-state index in [4.69, 9.17) is 27.9 Å². The Balaban J connectivity index is 0.00000729. The monoisotopic (exact) mass is 567 g/mol. The minimum Gasteiger partial charge on any atom is -0.489 e. The van der Waals surface area contributed by atoms with Crippen molar-refractivity contribution in [1.29, 1.82) is 0 Å². The molecule has 1 aromatic rings. The van der Waals surface area contributed by atoms with E-state index in [9.17, 15) is 13.5 Å². The van der Waals surface area contributed by atoms with E-state index in [0.29, 0.717) is 34.7 Å². The van der Waals surface area contributed by atoms with Crippen LogP contribution >= 0.6 is 47.2 Å². The molecule has 0 radical (unpaired) electrons. The first-order valence-electron chi connectivity index (χ1n) is 8.59. The molecule has 0 aliphatic rings. The Bertz CT molecular complexity index is 735. The van der Waals surface area contributed by atoms with Crippen LogP contribution in [-0.2, 0) is 9.84 Å². The zero-order valence-corrected chi connectivity index (χ0v) is 20.8. The van der Waals surface area contributed by atoms with Gasteiger partial charge in [-0.3, -0.25) is 4.99 Å². The lowest BCUT2D eigenvalue weighted by atomic mass is 10.3. The summed E-state index contributed by atoms with van der Waals surface area (Å²) in [5, 5.41) is 16.9. The average molecular weight is 568 g/mol. The molecule has 0 aliphatic heterocycles. The van der Waals surface area contributed by atoms with Crippen LogP contribution in [0.2, 0.25) is 10.0 Å². The highest BCUT2D eigenvalue weighted by Gasteiger charge is 2.12. The van der Waals surface area contributed by atoms with Gasteiger partial charge in [-0.2, -0.15) is 0 Å². The molecule has 2 atom stereocenters. The van der Waals surface area contributed by atoms with E-state index < -0.39 is 15.9 Å². The zero-order valence-electron chi connectivity index (χ0n) is 16.1. The molecule has 28 heavy (non-hydrogen) atoms. The third-order valence-electron chi connectivity index (χ3n) is 3.46. The molecular formula is C17H28Cl2IN3O4S.